The van der Waals surface area contributed by atoms with Crippen LogP contribution in [0.25, 0.3) is 10.6 Å². The second kappa shape index (κ2) is 7.76. The first-order chi connectivity index (χ1) is 12.0. The fraction of sp³-hybridized carbons (Fsp3) is 0.211. The lowest BCUT2D eigenvalue weighted by Crippen LogP contribution is -2.28. The van der Waals surface area contributed by atoms with Gasteiger partial charge >= 0.3 is 0 Å². The van der Waals surface area contributed by atoms with Gasteiger partial charge in [0.15, 0.2) is 0 Å². The van der Waals surface area contributed by atoms with Crippen LogP contribution in [0.2, 0.25) is 5.02 Å². The first kappa shape index (κ1) is 17.6. The van der Waals surface area contributed by atoms with Crippen molar-refractivity contribution in [2.24, 2.45) is 0 Å². The molecule has 128 valence electrons. The summed E-state index contributed by atoms with van der Waals surface area (Å²) in [6, 6.07) is 11.4. The standard InChI is InChI=1S/C19H18ClN3OS/c1-13-17(25-18(22-13)15-3-5-16(20)6-4-15)19(24)23(2)12-9-14-7-10-21-11-8-14/h3-8,10-11H,9,12H2,1-2H3. The van der Waals surface area contributed by atoms with Crippen LogP contribution in [0.5, 0.6) is 0 Å². The predicted octanol–water partition coefficient (Wildman–Crippen LogP) is 4.48. The number of aryl methyl sites for hydroxylation is 1. The molecule has 0 fully saturated rings. The van der Waals surface area contributed by atoms with Gasteiger partial charge in [-0.2, -0.15) is 0 Å². The van der Waals surface area contributed by atoms with E-state index in [0.29, 0.717) is 16.4 Å². The first-order valence-corrected chi connectivity index (χ1v) is 9.12. The summed E-state index contributed by atoms with van der Waals surface area (Å²) in [7, 11) is 1.82. The molecule has 0 unspecified atom stereocenters. The van der Waals surface area contributed by atoms with Crippen LogP contribution in [0.15, 0.2) is 48.8 Å². The summed E-state index contributed by atoms with van der Waals surface area (Å²) >= 11 is 7.35. The number of hydrogen-bond donors (Lipinski definition) is 0. The number of carbonyl (C=O) groups excluding carboxylic acids is 1. The summed E-state index contributed by atoms with van der Waals surface area (Å²) in [6.07, 6.45) is 4.33. The van der Waals surface area contributed by atoms with Gasteiger partial charge in [0.25, 0.3) is 5.91 Å². The number of benzene rings is 1. The summed E-state index contributed by atoms with van der Waals surface area (Å²) in [5, 5.41) is 1.52. The number of thiazole rings is 1. The number of halogens is 1. The van der Waals surface area contributed by atoms with E-state index in [-0.39, 0.29) is 5.91 Å². The molecular formula is C19H18ClN3OS. The molecule has 0 saturated carbocycles. The second-order valence-corrected chi connectivity index (χ2v) is 7.21. The van der Waals surface area contributed by atoms with E-state index in [1.165, 1.54) is 11.3 Å². The Bertz CT molecular complexity index is 862. The number of pyridine rings is 1. The maximum atomic E-state index is 12.7. The molecule has 1 amide bonds. The zero-order valence-corrected chi connectivity index (χ0v) is 15.6. The zero-order chi connectivity index (χ0) is 17.8. The molecule has 0 bridgehead atoms. The fourth-order valence-corrected chi connectivity index (χ4v) is 3.62. The average molecular weight is 372 g/mol. The molecule has 0 aliphatic carbocycles. The van der Waals surface area contributed by atoms with Crippen LogP contribution < -0.4 is 0 Å². The topological polar surface area (TPSA) is 46.1 Å². The molecule has 6 heteroatoms. The van der Waals surface area contributed by atoms with Gasteiger partial charge in [-0.05, 0) is 43.2 Å². The monoisotopic (exact) mass is 371 g/mol. The highest BCUT2D eigenvalue weighted by Gasteiger charge is 2.19. The molecule has 0 radical (unpaired) electrons. The van der Waals surface area contributed by atoms with Gasteiger partial charge in [0.1, 0.15) is 9.88 Å². The third-order valence-electron chi connectivity index (χ3n) is 3.91. The lowest BCUT2D eigenvalue weighted by Gasteiger charge is -2.16. The Kier molecular flexibility index (Phi) is 5.46. The molecule has 0 aliphatic rings. The summed E-state index contributed by atoms with van der Waals surface area (Å²) in [5.74, 6) is 0.00395. The third kappa shape index (κ3) is 4.24. The Labute approximate surface area is 156 Å². The van der Waals surface area contributed by atoms with Gasteiger partial charge in [0.2, 0.25) is 0 Å². The summed E-state index contributed by atoms with van der Waals surface area (Å²) < 4.78 is 0. The number of amides is 1. The van der Waals surface area contributed by atoms with Crippen LogP contribution in [0.1, 0.15) is 20.9 Å². The minimum absolute atomic E-state index is 0.00395. The van der Waals surface area contributed by atoms with Crippen molar-refractivity contribution in [1.29, 1.82) is 0 Å². The van der Waals surface area contributed by atoms with Gasteiger partial charge in [-0.3, -0.25) is 9.78 Å². The molecule has 3 rings (SSSR count). The highest BCUT2D eigenvalue weighted by molar-refractivity contribution is 7.17. The van der Waals surface area contributed by atoms with E-state index in [2.05, 4.69) is 9.97 Å². The van der Waals surface area contributed by atoms with Crippen molar-refractivity contribution in [3.05, 3.63) is 69.9 Å². The Morgan fingerprint density at radius 1 is 1.16 bits per heavy atom. The van der Waals surface area contributed by atoms with Crippen molar-refractivity contribution in [2.75, 3.05) is 13.6 Å². The number of likely N-dealkylation sites (N-methyl/N-ethyl adjacent to an activating group) is 1. The van der Waals surface area contributed by atoms with E-state index in [4.69, 9.17) is 11.6 Å². The lowest BCUT2D eigenvalue weighted by molar-refractivity contribution is 0.0800. The van der Waals surface area contributed by atoms with Crippen molar-refractivity contribution in [1.82, 2.24) is 14.9 Å². The highest BCUT2D eigenvalue weighted by Crippen LogP contribution is 2.29. The Balaban J connectivity index is 1.72. The Morgan fingerprint density at radius 3 is 2.52 bits per heavy atom. The smallest absolute Gasteiger partial charge is 0.265 e. The molecule has 0 N–H and O–H groups in total. The lowest BCUT2D eigenvalue weighted by atomic mass is 10.2. The molecule has 0 aliphatic heterocycles. The van der Waals surface area contributed by atoms with Crippen molar-refractivity contribution in [3.8, 4) is 10.6 Å². The van der Waals surface area contributed by atoms with Crippen LogP contribution in [0, 0.1) is 6.92 Å². The third-order valence-corrected chi connectivity index (χ3v) is 5.36. The van der Waals surface area contributed by atoms with Gasteiger partial charge in [0.05, 0.1) is 5.69 Å². The van der Waals surface area contributed by atoms with E-state index in [1.807, 2.05) is 50.4 Å². The molecule has 2 aromatic heterocycles. The number of rotatable bonds is 5. The van der Waals surface area contributed by atoms with Crippen molar-refractivity contribution >= 4 is 28.8 Å². The predicted molar refractivity (Wildman–Crippen MR) is 102 cm³/mol. The van der Waals surface area contributed by atoms with Gasteiger partial charge in [-0.25, -0.2) is 4.98 Å². The van der Waals surface area contributed by atoms with Crippen molar-refractivity contribution < 1.29 is 4.79 Å². The van der Waals surface area contributed by atoms with E-state index >= 15 is 0 Å². The fourth-order valence-electron chi connectivity index (χ4n) is 2.43. The van der Waals surface area contributed by atoms with Gasteiger partial charge in [0, 0.05) is 36.6 Å². The SMILES string of the molecule is Cc1nc(-c2ccc(Cl)cc2)sc1C(=O)N(C)CCc1ccncc1. The molecule has 4 nitrogen and oxygen atoms in total. The minimum Gasteiger partial charge on any atom is -0.341 e. The molecular weight excluding hydrogens is 354 g/mol. The van der Waals surface area contributed by atoms with Gasteiger partial charge in [-0.1, -0.05) is 23.7 Å². The maximum Gasteiger partial charge on any atom is 0.265 e. The van der Waals surface area contributed by atoms with Crippen LogP contribution in [-0.2, 0) is 6.42 Å². The molecule has 0 atom stereocenters. The number of nitrogens with zero attached hydrogens (tertiary/aromatic N) is 3. The van der Waals surface area contributed by atoms with E-state index in [0.717, 1.165) is 28.2 Å². The minimum atomic E-state index is 0.00395. The first-order valence-electron chi connectivity index (χ1n) is 7.92. The second-order valence-electron chi connectivity index (χ2n) is 5.77. The molecule has 1 aromatic carbocycles. The van der Waals surface area contributed by atoms with Gasteiger partial charge in [-0.15, -0.1) is 11.3 Å². The maximum absolute atomic E-state index is 12.7. The summed E-state index contributed by atoms with van der Waals surface area (Å²) in [4.78, 5) is 23.7. The average Bonchev–Trinajstić information content (AvgIpc) is 3.02. The molecule has 0 saturated heterocycles. The Morgan fingerprint density at radius 2 is 1.84 bits per heavy atom. The van der Waals surface area contributed by atoms with Crippen LogP contribution in [-0.4, -0.2) is 34.4 Å². The number of hydrogen-bond acceptors (Lipinski definition) is 4. The van der Waals surface area contributed by atoms with Crippen molar-refractivity contribution in [3.63, 3.8) is 0 Å². The van der Waals surface area contributed by atoms with Crippen LogP contribution in [0.4, 0.5) is 0 Å². The van der Waals surface area contributed by atoms with Crippen molar-refractivity contribution in [2.45, 2.75) is 13.3 Å². The Hall–Kier alpha value is -2.24. The van der Waals surface area contributed by atoms with E-state index < -0.39 is 0 Å². The largest absolute Gasteiger partial charge is 0.341 e. The summed E-state index contributed by atoms with van der Waals surface area (Å²) in [6.45, 7) is 2.52. The number of carbonyl (C=O) groups is 1. The molecule has 2 heterocycles. The zero-order valence-electron chi connectivity index (χ0n) is 14.1. The van der Waals surface area contributed by atoms with Crippen LogP contribution >= 0.6 is 22.9 Å². The quantitative estimate of drug-likeness (QED) is 0.664. The number of aromatic nitrogens is 2. The molecule has 3 aromatic rings. The summed E-state index contributed by atoms with van der Waals surface area (Å²) in [5.41, 5.74) is 2.89. The molecule has 0 spiro atoms. The molecule has 25 heavy (non-hydrogen) atoms. The van der Waals surface area contributed by atoms with Crippen LogP contribution in [0.3, 0.4) is 0 Å². The van der Waals surface area contributed by atoms with Gasteiger partial charge < -0.3 is 4.90 Å². The normalized spacial score (nSPS) is 10.7. The highest BCUT2D eigenvalue weighted by atomic mass is 35.5. The van der Waals surface area contributed by atoms with E-state index in [1.54, 1.807) is 17.3 Å². The van der Waals surface area contributed by atoms with E-state index in [9.17, 15) is 4.79 Å².